The third kappa shape index (κ3) is 7.14. The summed E-state index contributed by atoms with van der Waals surface area (Å²) < 4.78 is 28.0. The van der Waals surface area contributed by atoms with Crippen LogP contribution in [-0.2, 0) is 18.3 Å². The van der Waals surface area contributed by atoms with Gasteiger partial charge >= 0.3 is 0 Å². The van der Waals surface area contributed by atoms with Gasteiger partial charge in [0.2, 0.25) is 8.32 Å². The number of hydrogen-bond acceptors (Lipinski definition) is 5. The van der Waals surface area contributed by atoms with E-state index in [9.17, 15) is 5.11 Å². The Balaban J connectivity index is 1.59. The molecule has 0 radical (unpaired) electrons. The first-order chi connectivity index (χ1) is 20.8. The molecule has 2 fully saturated rings. The largest absolute Gasteiger partial charge is 0.410 e. The first kappa shape index (κ1) is 35.5. The van der Waals surface area contributed by atoms with Crippen LogP contribution in [0.3, 0.4) is 0 Å². The van der Waals surface area contributed by atoms with Gasteiger partial charge in [-0.2, -0.15) is 0 Å². The summed E-state index contributed by atoms with van der Waals surface area (Å²) in [6.45, 7) is 22.0. The van der Waals surface area contributed by atoms with E-state index in [1.54, 1.807) is 0 Å². The fourth-order valence-electron chi connectivity index (χ4n) is 8.33. The van der Waals surface area contributed by atoms with Crippen molar-refractivity contribution in [2.24, 2.45) is 0 Å². The van der Waals surface area contributed by atoms with Gasteiger partial charge in [0, 0.05) is 26.1 Å². The van der Waals surface area contributed by atoms with Gasteiger partial charge in [-0.3, -0.25) is 0 Å². The van der Waals surface area contributed by atoms with E-state index >= 15 is 0 Å². The summed E-state index contributed by atoms with van der Waals surface area (Å²) in [6.07, 6.45) is 5.32. The van der Waals surface area contributed by atoms with E-state index in [0.717, 1.165) is 38.5 Å². The van der Waals surface area contributed by atoms with Crippen LogP contribution in [0.2, 0.25) is 21.7 Å². The Bertz CT molecular complexity index is 1090. The lowest BCUT2D eigenvalue weighted by Crippen LogP contribution is -2.66. The van der Waals surface area contributed by atoms with Crippen LogP contribution in [0, 0.1) is 0 Å². The third-order valence-electron chi connectivity index (χ3n) is 10.3. The smallest absolute Gasteiger partial charge is 0.261 e. The lowest BCUT2D eigenvalue weighted by atomic mass is 9.96. The molecule has 0 spiro atoms. The Labute approximate surface area is 270 Å². The maximum atomic E-state index is 9.34. The van der Waals surface area contributed by atoms with Gasteiger partial charge in [-0.05, 0) is 51.3 Å². The van der Waals surface area contributed by atoms with E-state index < -0.39 is 22.4 Å². The predicted octanol–water partition coefficient (Wildman–Crippen LogP) is 7.95. The number of benzene rings is 2. The molecule has 7 heteroatoms. The first-order valence-corrected chi connectivity index (χ1v) is 21.3. The average Bonchev–Trinajstić information content (AvgIpc) is 3.71. The van der Waals surface area contributed by atoms with Gasteiger partial charge in [-0.1, -0.05) is 129 Å². The number of rotatable bonds is 16. The molecule has 4 atom stereocenters. The Morgan fingerprint density at radius 2 is 1.36 bits per heavy atom. The molecule has 0 amide bonds. The van der Waals surface area contributed by atoms with Gasteiger partial charge < -0.3 is 23.4 Å². The molecule has 4 rings (SSSR count). The van der Waals surface area contributed by atoms with Gasteiger partial charge in [0.1, 0.15) is 6.10 Å². The second kappa shape index (κ2) is 14.6. The fraction of sp³-hybridized carbons (Fsp3) is 0.676. The topological polar surface area (TPSA) is 60.5 Å². The maximum absolute atomic E-state index is 9.34. The molecular weight excluding hydrogens is 581 g/mol. The summed E-state index contributed by atoms with van der Waals surface area (Å²) in [5, 5.41) is 11.9. The predicted molar refractivity (Wildman–Crippen MR) is 187 cm³/mol. The van der Waals surface area contributed by atoms with Gasteiger partial charge in [-0.25, -0.2) is 0 Å². The zero-order valence-corrected chi connectivity index (χ0v) is 31.0. The van der Waals surface area contributed by atoms with Crippen molar-refractivity contribution in [1.29, 1.82) is 0 Å². The third-order valence-corrected chi connectivity index (χ3v) is 21.5. The van der Waals surface area contributed by atoms with Crippen LogP contribution >= 0.6 is 0 Å². The summed E-state index contributed by atoms with van der Waals surface area (Å²) in [7, 11) is -4.73. The van der Waals surface area contributed by atoms with Crippen LogP contribution in [0.1, 0.15) is 101 Å². The zero-order valence-electron chi connectivity index (χ0n) is 29.0. The monoisotopic (exact) mass is 640 g/mol. The highest BCUT2D eigenvalue weighted by molar-refractivity contribution is 6.99. The molecule has 0 bridgehead atoms. The van der Waals surface area contributed by atoms with Crippen LogP contribution in [0.25, 0.3) is 0 Å². The quantitative estimate of drug-likeness (QED) is 0.115. The molecule has 2 aliphatic heterocycles. The maximum Gasteiger partial charge on any atom is 0.261 e. The Morgan fingerprint density at radius 1 is 0.818 bits per heavy atom. The standard InChI is InChI=1S/C37H60O5Si2/c1-28(2)43(29(3)4,30(5)6)42-34-27-31(40-37(35(34)41-37)24-17-12-18-25-38)23-26-39-44(36(7,8)9,32-19-13-10-14-20-32)33-21-15-11-16-22-33/h10-11,13-16,19-22,28-31,34-35,38H,12,17-18,23-27H2,1-9H3/t31-,34-,35+,37+/m1/s1. The molecule has 0 aromatic heterocycles. The van der Waals surface area contributed by atoms with E-state index in [1.165, 1.54) is 10.4 Å². The lowest BCUT2D eigenvalue weighted by Gasteiger charge is -2.46. The molecule has 2 aromatic rings. The van der Waals surface area contributed by atoms with E-state index in [4.69, 9.17) is 18.3 Å². The van der Waals surface area contributed by atoms with Gasteiger partial charge in [0.05, 0.1) is 12.2 Å². The second-order valence-electron chi connectivity index (χ2n) is 15.1. The molecule has 44 heavy (non-hydrogen) atoms. The summed E-state index contributed by atoms with van der Waals surface area (Å²) >= 11 is 0. The van der Waals surface area contributed by atoms with Crippen molar-refractivity contribution in [2.45, 2.75) is 147 Å². The Kier molecular flexibility index (Phi) is 11.8. The normalized spacial score (nSPS) is 24.2. The van der Waals surface area contributed by atoms with Crippen LogP contribution in [-0.4, -0.2) is 59.1 Å². The number of epoxide rings is 1. The Morgan fingerprint density at radius 3 is 1.84 bits per heavy atom. The summed E-state index contributed by atoms with van der Waals surface area (Å²) in [6, 6.07) is 21.8. The lowest BCUT2D eigenvalue weighted by molar-refractivity contribution is -0.124. The SMILES string of the molecule is CC(C)[Si](O[C@@H]1C[C@@H](CCO[Si](c2ccccc2)(c2ccccc2)C(C)(C)C)O[C@@]2(CCCCCO)O[C@@H]12)(C(C)C)C(C)C. The molecular formula is C37H60O5Si2. The molecule has 0 unspecified atom stereocenters. The highest BCUT2D eigenvalue weighted by atomic mass is 28.4. The van der Waals surface area contributed by atoms with Crippen LogP contribution in [0.15, 0.2) is 60.7 Å². The minimum absolute atomic E-state index is 0.00593. The van der Waals surface area contributed by atoms with Gasteiger partial charge in [-0.15, -0.1) is 0 Å². The molecule has 0 saturated carbocycles. The molecule has 2 saturated heterocycles. The van der Waals surface area contributed by atoms with E-state index in [2.05, 4.69) is 123 Å². The fourth-order valence-corrected chi connectivity index (χ4v) is 18.5. The molecule has 0 aliphatic carbocycles. The number of fused-ring (bicyclic) bond motifs is 1. The molecule has 1 N–H and O–H groups in total. The summed E-state index contributed by atoms with van der Waals surface area (Å²) in [4.78, 5) is 0. The van der Waals surface area contributed by atoms with Crippen molar-refractivity contribution < 1.29 is 23.4 Å². The molecule has 5 nitrogen and oxygen atoms in total. The summed E-state index contributed by atoms with van der Waals surface area (Å²) in [5.74, 6) is -0.564. The highest BCUT2D eigenvalue weighted by Gasteiger charge is 2.66. The Hall–Kier alpha value is -1.33. The van der Waals surface area contributed by atoms with Gasteiger partial charge in [0.25, 0.3) is 8.32 Å². The van der Waals surface area contributed by atoms with Crippen molar-refractivity contribution >= 4 is 27.0 Å². The molecule has 2 aromatic carbocycles. The first-order valence-electron chi connectivity index (χ1n) is 17.2. The van der Waals surface area contributed by atoms with Crippen molar-refractivity contribution in [3.05, 3.63) is 60.7 Å². The van der Waals surface area contributed by atoms with Crippen LogP contribution in [0.4, 0.5) is 0 Å². The van der Waals surface area contributed by atoms with Gasteiger partial charge in [0.15, 0.2) is 5.79 Å². The van der Waals surface area contributed by atoms with Crippen molar-refractivity contribution in [2.75, 3.05) is 13.2 Å². The highest BCUT2D eigenvalue weighted by Crippen LogP contribution is 2.54. The molecule has 2 heterocycles. The number of ether oxygens (including phenoxy) is 2. The number of hydrogen-bond donors (Lipinski definition) is 1. The second-order valence-corrected chi connectivity index (χ2v) is 24.8. The zero-order chi connectivity index (χ0) is 32.2. The van der Waals surface area contributed by atoms with Crippen molar-refractivity contribution in [1.82, 2.24) is 0 Å². The minimum Gasteiger partial charge on any atom is -0.410 e. The molecule has 2 aliphatic rings. The molecule has 246 valence electrons. The number of aliphatic hydroxyl groups is 1. The van der Waals surface area contributed by atoms with E-state index in [-0.39, 0.29) is 30.0 Å². The average molecular weight is 641 g/mol. The van der Waals surface area contributed by atoms with Crippen LogP contribution in [0.5, 0.6) is 0 Å². The van der Waals surface area contributed by atoms with Crippen LogP contribution < -0.4 is 10.4 Å². The number of aliphatic hydroxyl groups excluding tert-OH is 1. The van der Waals surface area contributed by atoms with E-state index in [0.29, 0.717) is 23.2 Å². The minimum atomic E-state index is -2.62. The summed E-state index contributed by atoms with van der Waals surface area (Å²) in [5.41, 5.74) is 1.54. The number of unbranched alkanes of at least 4 members (excludes halogenated alkanes) is 2. The van der Waals surface area contributed by atoms with E-state index in [1.807, 2.05) is 0 Å². The van der Waals surface area contributed by atoms with Crippen molar-refractivity contribution in [3.8, 4) is 0 Å². The van der Waals surface area contributed by atoms with Crippen molar-refractivity contribution in [3.63, 3.8) is 0 Å².